The first-order valence-corrected chi connectivity index (χ1v) is 12.5. The standard InChI is InChI=1S/C24H27N5O4S/c1-3-10-28-23(31)22-17(9-13-34-22)29-20(26-27-24(28)29)5-4-6-21(30)25-15(2)16-7-8-18-19(14-16)33-12-11-32-18/h7-9,13-15H,3-6,10-12H2,1-2H3,(H,25,30)/t15-/m1/s1. The van der Waals surface area contributed by atoms with Gasteiger partial charge >= 0.3 is 0 Å². The first-order valence-electron chi connectivity index (χ1n) is 11.6. The molecule has 1 aliphatic rings. The van der Waals surface area contributed by atoms with Crippen molar-refractivity contribution in [3.8, 4) is 11.5 Å². The Morgan fingerprint density at radius 1 is 1.21 bits per heavy atom. The van der Waals surface area contributed by atoms with E-state index in [-0.39, 0.29) is 17.5 Å². The molecule has 0 unspecified atom stereocenters. The van der Waals surface area contributed by atoms with Crippen LogP contribution in [0.15, 0.2) is 34.4 Å². The maximum atomic E-state index is 12.8. The second-order valence-corrected chi connectivity index (χ2v) is 9.31. The largest absolute Gasteiger partial charge is 0.486 e. The Morgan fingerprint density at radius 2 is 2.03 bits per heavy atom. The number of benzene rings is 1. The molecule has 1 amide bonds. The van der Waals surface area contributed by atoms with E-state index < -0.39 is 0 Å². The minimum atomic E-state index is -0.147. The highest BCUT2D eigenvalue weighted by atomic mass is 32.1. The number of ether oxygens (including phenoxy) is 2. The fourth-order valence-corrected chi connectivity index (χ4v) is 5.13. The number of rotatable bonds is 8. The molecule has 0 saturated carbocycles. The highest BCUT2D eigenvalue weighted by Gasteiger charge is 2.18. The summed E-state index contributed by atoms with van der Waals surface area (Å²) in [5.41, 5.74) is 1.77. The summed E-state index contributed by atoms with van der Waals surface area (Å²) in [6.07, 6.45) is 2.41. The SMILES string of the molecule is CCCn1c(=O)c2sccc2n2c(CCCC(=O)N[C@H](C)c3ccc4c(c3)OCCO4)nnc12. The lowest BCUT2D eigenvalue weighted by Gasteiger charge is -2.21. The summed E-state index contributed by atoms with van der Waals surface area (Å²) >= 11 is 1.43. The number of hydrogen-bond donors (Lipinski definition) is 1. The summed E-state index contributed by atoms with van der Waals surface area (Å²) < 4.78 is 15.6. The highest BCUT2D eigenvalue weighted by Crippen LogP contribution is 2.32. The van der Waals surface area contributed by atoms with Crippen LogP contribution in [0.2, 0.25) is 0 Å². The summed E-state index contributed by atoms with van der Waals surface area (Å²) in [4.78, 5) is 25.4. The van der Waals surface area contributed by atoms with E-state index in [4.69, 9.17) is 9.47 Å². The normalized spacial score (nSPS) is 13.9. The van der Waals surface area contributed by atoms with Crippen LogP contribution < -0.4 is 20.3 Å². The fourth-order valence-electron chi connectivity index (χ4n) is 4.30. The number of fused-ring (bicyclic) bond motifs is 4. The summed E-state index contributed by atoms with van der Waals surface area (Å²) in [6.45, 7) is 5.66. The Labute approximate surface area is 200 Å². The van der Waals surface area contributed by atoms with Crippen molar-refractivity contribution in [2.24, 2.45) is 0 Å². The van der Waals surface area contributed by atoms with Crippen molar-refractivity contribution in [3.05, 3.63) is 51.4 Å². The van der Waals surface area contributed by atoms with Gasteiger partial charge in [0.25, 0.3) is 5.56 Å². The van der Waals surface area contributed by atoms with Gasteiger partial charge in [0.2, 0.25) is 11.7 Å². The predicted molar refractivity (Wildman–Crippen MR) is 130 cm³/mol. The fraction of sp³-hybridized carbons (Fsp3) is 0.417. The summed E-state index contributed by atoms with van der Waals surface area (Å²) in [7, 11) is 0. The molecule has 3 aromatic heterocycles. The monoisotopic (exact) mass is 481 g/mol. The van der Waals surface area contributed by atoms with E-state index in [2.05, 4.69) is 15.5 Å². The Hall–Kier alpha value is -3.40. The Balaban J connectivity index is 1.26. The smallest absolute Gasteiger partial charge is 0.272 e. The number of thiophene rings is 1. The zero-order valence-electron chi connectivity index (χ0n) is 19.2. The van der Waals surface area contributed by atoms with Crippen LogP contribution in [-0.2, 0) is 17.8 Å². The molecule has 10 heteroatoms. The minimum Gasteiger partial charge on any atom is -0.486 e. The predicted octanol–water partition coefficient (Wildman–Crippen LogP) is 3.49. The number of aryl methyl sites for hydroxylation is 2. The van der Waals surface area contributed by atoms with Gasteiger partial charge in [0.1, 0.15) is 23.7 Å². The number of hydrogen-bond acceptors (Lipinski definition) is 7. The molecule has 4 aromatic rings. The topological polar surface area (TPSA) is 99.8 Å². The lowest BCUT2D eigenvalue weighted by molar-refractivity contribution is -0.121. The maximum absolute atomic E-state index is 12.8. The van der Waals surface area contributed by atoms with Crippen molar-refractivity contribution in [1.82, 2.24) is 24.5 Å². The van der Waals surface area contributed by atoms with Crippen LogP contribution in [0.5, 0.6) is 11.5 Å². The number of nitrogens with zero attached hydrogens (tertiary/aromatic N) is 4. The van der Waals surface area contributed by atoms with Crippen molar-refractivity contribution in [1.29, 1.82) is 0 Å². The first kappa shape index (κ1) is 22.4. The Kier molecular flexibility index (Phi) is 6.23. The number of carbonyl (C=O) groups excluding carboxylic acids is 1. The molecule has 9 nitrogen and oxygen atoms in total. The molecule has 0 spiro atoms. The van der Waals surface area contributed by atoms with Crippen LogP contribution in [0.3, 0.4) is 0 Å². The van der Waals surface area contributed by atoms with Crippen molar-refractivity contribution >= 4 is 33.2 Å². The zero-order chi connectivity index (χ0) is 23.7. The van der Waals surface area contributed by atoms with Crippen molar-refractivity contribution in [2.45, 2.75) is 52.1 Å². The summed E-state index contributed by atoms with van der Waals surface area (Å²) in [6, 6.07) is 7.53. The average molecular weight is 482 g/mol. The van der Waals surface area contributed by atoms with E-state index in [0.717, 1.165) is 29.1 Å². The van der Waals surface area contributed by atoms with Crippen molar-refractivity contribution < 1.29 is 14.3 Å². The number of amides is 1. The minimum absolute atomic E-state index is 0.0224. The van der Waals surface area contributed by atoms with Crippen molar-refractivity contribution in [2.75, 3.05) is 13.2 Å². The second kappa shape index (κ2) is 9.46. The molecule has 0 radical (unpaired) electrons. The summed E-state index contributed by atoms with van der Waals surface area (Å²) in [5, 5.41) is 13.6. The highest BCUT2D eigenvalue weighted by molar-refractivity contribution is 7.17. The molecule has 4 heterocycles. The Bertz CT molecular complexity index is 1410. The number of carbonyl (C=O) groups is 1. The van der Waals surface area contributed by atoms with Crippen molar-refractivity contribution in [3.63, 3.8) is 0 Å². The molecular formula is C24H27N5O4S. The third kappa shape index (κ3) is 4.13. The van der Waals surface area contributed by atoms with Gasteiger partial charge in [0.15, 0.2) is 11.5 Å². The van der Waals surface area contributed by atoms with Gasteiger partial charge < -0.3 is 14.8 Å². The lowest BCUT2D eigenvalue weighted by Crippen LogP contribution is -2.26. The molecular weight excluding hydrogens is 454 g/mol. The molecule has 0 aliphatic carbocycles. The second-order valence-electron chi connectivity index (χ2n) is 8.39. The molecule has 178 valence electrons. The molecule has 1 N–H and O–H groups in total. The molecule has 5 rings (SSSR count). The third-order valence-electron chi connectivity index (χ3n) is 5.97. The molecule has 1 aromatic carbocycles. The van der Waals surface area contributed by atoms with E-state index in [1.165, 1.54) is 11.3 Å². The number of aromatic nitrogens is 4. The van der Waals surface area contributed by atoms with Gasteiger partial charge in [-0.15, -0.1) is 21.5 Å². The number of nitrogens with one attached hydrogen (secondary N) is 1. The molecule has 0 bridgehead atoms. The van der Waals surface area contributed by atoms with Crippen LogP contribution >= 0.6 is 11.3 Å². The van der Waals surface area contributed by atoms with Gasteiger partial charge in [-0.05, 0) is 48.9 Å². The van der Waals surface area contributed by atoms with E-state index in [1.54, 1.807) is 4.57 Å². The van der Waals surface area contributed by atoms with Gasteiger partial charge in [-0.2, -0.15) is 0 Å². The van der Waals surface area contributed by atoms with Crippen LogP contribution in [0.25, 0.3) is 16.0 Å². The molecule has 0 fully saturated rings. The maximum Gasteiger partial charge on any atom is 0.272 e. The van der Waals surface area contributed by atoms with E-state index in [9.17, 15) is 9.59 Å². The van der Waals surface area contributed by atoms with Gasteiger partial charge in [-0.3, -0.25) is 18.6 Å². The van der Waals surface area contributed by atoms with Crippen LogP contribution in [-0.4, -0.2) is 38.3 Å². The molecule has 1 aliphatic heterocycles. The average Bonchev–Trinajstić information content (AvgIpc) is 3.49. The van der Waals surface area contributed by atoms with E-state index in [0.29, 0.717) is 55.2 Å². The molecule has 0 saturated heterocycles. The van der Waals surface area contributed by atoms with Crippen LogP contribution in [0, 0.1) is 0 Å². The lowest BCUT2D eigenvalue weighted by atomic mass is 10.1. The molecule has 1 atom stereocenters. The van der Waals surface area contributed by atoms with Crippen LogP contribution in [0.4, 0.5) is 0 Å². The first-order chi connectivity index (χ1) is 16.6. The van der Waals surface area contributed by atoms with Gasteiger partial charge in [-0.1, -0.05) is 13.0 Å². The summed E-state index contributed by atoms with van der Waals surface area (Å²) in [5.74, 6) is 2.74. The third-order valence-corrected chi connectivity index (χ3v) is 6.87. The quantitative estimate of drug-likeness (QED) is 0.414. The zero-order valence-corrected chi connectivity index (χ0v) is 20.1. The van der Waals surface area contributed by atoms with E-state index in [1.807, 2.05) is 47.9 Å². The van der Waals surface area contributed by atoms with E-state index >= 15 is 0 Å². The van der Waals surface area contributed by atoms with Crippen LogP contribution in [0.1, 0.15) is 50.5 Å². The molecule has 34 heavy (non-hydrogen) atoms. The van der Waals surface area contributed by atoms with Gasteiger partial charge in [0, 0.05) is 19.4 Å². The Morgan fingerprint density at radius 3 is 2.85 bits per heavy atom. The van der Waals surface area contributed by atoms with Gasteiger partial charge in [-0.25, -0.2) is 0 Å². The van der Waals surface area contributed by atoms with Gasteiger partial charge in [0.05, 0.1) is 11.6 Å².